The molecule has 3 aromatic carbocycles. The zero-order valence-electron chi connectivity index (χ0n) is 17.8. The van der Waals surface area contributed by atoms with E-state index in [2.05, 4.69) is 94.7 Å². The van der Waals surface area contributed by atoms with Crippen LogP contribution in [0.3, 0.4) is 0 Å². The predicted molar refractivity (Wildman–Crippen MR) is 125 cm³/mol. The van der Waals surface area contributed by atoms with Gasteiger partial charge in [-0.25, -0.2) is 0 Å². The van der Waals surface area contributed by atoms with Crippen LogP contribution in [-0.4, -0.2) is 42.5 Å². The summed E-state index contributed by atoms with van der Waals surface area (Å²) in [6, 6.07) is 31.2. The largest absolute Gasteiger partial charge is 0.302 e. The molecule has 0 aromatic heterocycles. The minimum Gasteiger partial charge on any atom is -0.302 e. The highest BCUT2D eigenvalue weighted by atomic mass is 15.2. The molecule has 2 heterocycles. The Morgan fingerprint density at radius 1 is 0.633 bits per heavy atom. The van der Waals surface area contributed by atoms with Gasteiger partial charge in [0.1, 0.15) is 0 Å². The number of rotatable bonds is 5. The maximum absolute atomic E-state index is 2.73. The van der Waals surface area contributed by atoms with Gasteiger partial charge in [0, 0.05) is 45.2 Å². The van der Waals surface area contributed by atoms with Crippen LogP contribution in [0.15, 0.2) is 84.9 Å². The van der Waals surface area contributed by atoms with Crippen LogP contribution in [0, 0.1) is 5.92 Å². The van der Waals surface area contributed by atoms with Crippen molar-refractivity contribution in [2.45, 2.75) is 25.3 Å². The lowest BCUT2D eigenvalue weighted by Gasteiger charge is -2.27. The van der Waals surface area contributed by atoms with Gasteiger partial charge in [0.2, 0.25) is 0 Å². The maximum atomic E-state index is 2.73. The number of hydrogen-bond donors (Lipinski definition) is 0. The Hall–Kier alpha value is -2.42. The number of fused-ring (bicyclic) bond motifs is 1. The van der Waals surface area contributed by atoms with Crippen LogP contribution < -0.4 is 0 Å². The first-order chi connectivity index (χ1) is 14.8. The van der Waals surface area contributed by atoms with Crippen LogP contribution in [0.4, 0.5) is 0 Å². The van der Waals surface area contributed by atoms with Crippen LogP contribution >= 0.6 is 0 Å². The van der Waals surface area contributed by atoms with Gasteiger partial charge in [-0.2, -0.15) is 0 Å². The molecule has 0 aliphatic carbocycles. The van der Waals surface area contributed by atoms with E-state index in [0.29, 0.717) is 11.8 Å². The highest BCUT2D eigenvalue weighted by Crippen LogP contribution is 2.34. The van der Waals surface area contributed by atoms with Crippen molar-refractivity contribution in [3.63, 3.8) is 0 Å². The van der Waals surface area contributed by atoms with Gasteiger partial charge in [0.25, 0.3) is 0 Å². The summed E-state index contributed by atoms with van der Waals surface area (Å²) in [5.41, 5.74) is 6.04. The third kappa shape index (κ3) is 4.50. The van der Waals surface area contributed by atoms with E-state index in [0.717, 1.165) is 13.1 Å². The van der Waals surface area contributed by atoms with Gasteiger partial charge in [0.15, 0.2) is 0 Å². The van der Waals surface area contributed by atoms with Gasteiger partial charge >= 0.3 is 0 Å². The summed E-state index contributed by atoms with van der Waals surface area (Å²) in [5.74, 6) is 1.32. The molecule has 0 radical (unpaired) electrons. The first-order valence-corrected chi connectivity index (χ1v) is 11.5. The van der Waals surface area contributed by atoms with Gasteiger partial charge in [-0.1, -0.05) is 84.9 Å². The van der Waals surface area contributed by atoms with E-state index in [9.17, 15) is 0 Å². The average molecular weight is 397 g/mol. The molecule has 0 spiro atoms. The Bertz CT molecular complexity index is 910. The van der Waals surface area contributed by atoms with Crippen LogP contribution in [0.25, 0.3) is 0 Å². The molecule has 1 fully saturated rings. The number of hydrogen-bond acceptors (Lipinski definition) is 2. The minimum atomic E-state index is 0.626. The Balaban J connectivity index is 1.30. The van der Waals surface area contributed by atoms with Gasteiger partial charge in [-0.05, 0) is 41.0 Å². The molecule has 5 rings (SSSR count). The van der Waals surface area contributed by atoms with Crippen LogP contribution in [0.5, 0.6) is 0 Å². The Morgan fingerprint density at radius 3 is 1.90 bits per heavy atom. The molecule has 2 heteroatoms. The van der Waals surface area contributed by atoms with Gasteiger partial charge in [-0.15, -0.1) is 0 Å². The summed E-state index contributed by atoms with van der Waals surface area (Å²) in [5, 5.41) is 0. The summed E-state index contributed by atoms with van der Waals surface area (Å²) >= 11 is 0. The third-order valence-corrected chi connectivity index (χ3v) is 7.00. The second-order valence-electron chi connectivity index (χ2n) is 9.03. The van der Waals surface area contributed by atoms with Crippen molar-refractivity contribution < 1.29 is 0 Å². The molecule has 1 saturated heterocycles. The van der Waals surface area contributed by atoms with E-state index in [1.165, 1.54) is 50.1 Å². The molecule has 0 amide bonds. The fraction of sp³-hybridized carbons (Fsp3) is 0.357. The molecule has 2 nitrogen and oxygen atoms in total. The molecule has 2 aliphatic heterocycles. The monoisotopic (exact) mass is 396 g/mol. The molecule has 0 saturated carbocycles. The van der Waals surface area contributed by atoms with Crippen molar-refractivity contribution in [3.05, 3.63) is 107 Å². The number of benzene rings is 3. The normalized spacial score (nSPS) is 22.5. The number of likely N-dealkylation sites (tertiary alicyclic amines) is 1. The zero-order chi connectivity index (χ0) is 20.2. The van der Waals surface area contributed by atoms with Crippen LogP contribution in [0.2, 0.25) is 0 Å². The molecular formula is C28H32N2. The standard InChI is InChI=1S/C28H32N2/c1-3-9-23(10-4-1)19-30-21-27(28(22-30)26-13-5-2-6-14-26)20-29-17-15-24-11-7-8-12-25(24)16-18-29/h1-14,27-28H,15-22H2/t27?,28-/m1/s1. The lowest BCUT2D eigenvalue weighted by molar-refractivity contribution is 0.228. The second-order valence-corrected chi connectivity index (χ2v) is 9.03. The average Bonchev–Trinajstić information content (AvgIpc) is 3.07. The van der Waals surface area contributed by atoms with E-state index in [1.807, 2.05) is 0 Å². The van der Waals surface area contributed by atoms with Crippen molar-refractivity contribution in [2.75, 3.05) is 32.7 Å². The summed E-state index contributed by atoms with van der Waals surface area (Å²) in [4.78, 5) is 5.40. The van der Waals surface area contributed by atoms with Gasteiger partial charge in [-0.3, -0.25) is 4.90 Å². The highest BCUT2D eigenvalue weighted by Gasteiger charge is 2.34. The van der Waals surface area contributed by atoms with E-state index < -0.39 is 0 Å². The SMILES string of the molecule is c1ccc(CN2CC(CN3CCc4ccccc4CC3)[C@@H](c3ccccc3)C2)cc1. The quantitative estimate of drug-likeness (QED) is 0.599. The van der Waals surface area contributed by atoms with E-state index in [-0.39, 0.29) is 0 Å². The molecule has 3 aromatic rings. The van der Waals surface area contributed by atoms with Crippen molar-refractivity contribution in [1.29, 1.82) is 0 Å². The summed E-state index contributed by atoms with van der Waals surface area (Å²) in [6.45, 7) is 7.00. The zero-order valence-corrected chi connectivity index (χ0v) is 17.8. The van der Waals surface area contributed by atoms with Crippen LogP contribution in [0.1, 0.15) is 28.2 Å². The predicted octanol–water partition coefficient (Wildman–Crippen LogP) is 5.00. The van der Waals surface area contributed by atoms with E-state index in [1.54, 1.807) is 11.1 Å². The van der Waals surface area contributed by atoms with E-state index >= 15 is 0 Å². The molecule has 2 aliphatic rings. The molecule has 154 valence electrons. The summed E-state index contributed by atoms with van der Waals surface area (Å²) in [6.07, 6.45) is 2.37. The molecule has 1 unspecified atom stereocenters. The lowest BCUT2D eigenvalue weighted by atomic mass is 9.88. The van der Waals surface area contributed by atoms with Gasteiger partial charge < -0.3 is 4.90 Å². The van der Waals surface area contributed by atoms with Crippen molar-refractivity contribution in [2.24, 2.45) is 5.92 Å². The lowest BCUT2D eigenvalue weighted by Crippen LogP contribution is -2.34. The van der Waals surface area contributed by atoms with Gasteiger partial charge in [0.05, 0.1) is 0 Å². The summed E-state index contributed by atoms with van der Waals surface area (Å²) in [7, 11) is 0. The van der Waals surface area contributed by atoms with Crippen molar-refractivity contribution in [1.82, 2.24) is 9.80 Å². The Kier molecular flexibility index (Phi) is 5.96. The molecule has 30 heavy (non-hydrogen) atoms. The first-order valence-electron chi connectivity index (χ1n) is 11.5. The Labute approximate surface area is 181 Å². The second kappa shape index (κ2) is 9.16. The maximum Gasteiger partial charge on any atom is 0.0234 e. The fourth-order valence-corrected chi connectivity index (χ4v) is 5.42. The van der Waals surface area contributed by atoms with E-state index in [4.69, 9.17) is 0 Å². The smallest absolute Gasteiger partial charge is 0.0234 e. The highest BCUT2D eigenvalue weighted by molar-refractivity contribution is 5.29. The van der Waals surface area contributed by atoms with Crippen LogP contribution in [-0.2, 0) is 19.4 Å². The van der Waals surface area contributed by atoms with Crippen molar-refractivity contribution >= 4 is 0 Å². The molecule has 2 atom stereocenters. The third-order valence-electron chi connectivity index (χ3n) is 7.00. The number of nitrogens with zero attached hydrogens (tertiary/aromatic N) is 2. The topological polar surface area (TPSA) is 6.48 Å². The molecule has 0 N–H and O–H groups in total. The summed E-state index contributed by atoms with van der Waals surface area (Å²) < 4.78 is 0. The molecular weight excluding hydrogens is 364 g/mol. The Morgan fingerprint density at radius 2 is 1.23 bits per heavy atom. The molecule has 0 bridgehead atoms. The fourth-order valence-electron chi connectivity index (χ4n) is 5.42. The first kappa shape index (κ1) is 19.5. The van der Waals surface area contributed by atoms with Crippen molar-refractivity contribution in [3.8, 4) is 0 Å². The minimum absolute atomic E-state index is 0.626.